The average Bonchev–Trinajstić information content (AvgIpc) is 3.37. The molecule has 1 atom stereocenters. The molecule has 5 rings (SSSR count). The Morgan fingerprint density at radius 1 is 1.09 bits per heavy atom. The molecule has 1 amide bonds. The molecule has 0 unspecified atom stereocenters. The quantitative estimate of drug-likeness (QED) is 0.545. The fourth-order valence-corrected chi connectivity index (χ4v) is 4.74. The summed E-state index contributed by atoms with van der Waals surface area (Å²) in [6.07, 6.45) is 1.62. The molecule has 1 fully saturated rings. The molecule has 2 aliphatic heterocycles. The van der Waals surface area contributed by atoms with E-state index in [0.29, 0.717) is 29.4 Å². The van der Waals surface area contributed by atoms with Gasteiger partial charge in [-0.05, 0) is 37.6 Å². The van der Waals surface area contributed by atoms with Crippen LogP contribution in [0.25, 0.3) is 10.9 Å². The molecule has 8 heteroatoms. The van der Waals surface area contributed by atoms with Crippen LogP contribution in [0.3, 0.4) is 0 Å². The van der Waals surface area contributed by atoms with E-state index >= 15 is 0 Å². The van der Waals surface area contributed by atoms with Gasteiger partial charge in [-0.1, -0.05) is 41.9 Å². The number of halogens is 2. The van der Waals surface area contributed by atoms with E-state index in [1.165, 1.54) is 0 Å². The van der Waals surface area contributed by atoms with Crippen LogP contribution in [-0.4, -0.2) is 59.4 Å². The normalized spacial score (nSPS) is 18.3. The Kier molecular flexibility index (Phi) is 6.74. The van der Waals surface area contributed by atoms with Crippen LogP contribution in [0.1, 0.15) is 45.4 Å². The smallest absolute Gasteiger partial charge is 0.339 e. The van der Waals surface area contributed by atoms with Crippen molar-refractivity contribution in [2.45, 2.75) is 18.9 Å². The molecule has 168 valence electrons. The van der Waals surface area contributed by atoms with Gasteiger partial charge in [-0.15, -0.1) is 12.4 Å². The molecular weight excluding hydrogens is 449 g/mol. The lowest BCUT2D eigenvalue weighted by Crippen LogP contribution is -2.48. The van der Waals surface area contributed by atoms with Crippen molar-refractivity contribution in [2.24, 2.45) is 0 Å². The molecule has 2 aliphatic rings. The molecule has 0 aliphatic carbocycles. The number of esters is 1. The molecule has 0 bridgehead atoms. The molecule has 32 heavy (non-hydrogen) atoms. The number of hydrogen-bond acceptors (Lipinski definition) is 4. The van der Waals surface area contributed by atoms with E-state index in [4.69, 9.17) is 16.3 Å². The van der Waals surface area contributed by atoms with Crippen LogP contribution in [0.5, 0.6) is 0 Å². The maximum atomic E-state index is 12.9. The number of para-hydroxylation sites is 1. The first-order valence-corrected chi connectivity index (χ1v) is 11.1. The fraction of sp³-hybridized carbons (Fsp3) is 0.333. The Balaban J connectivity index is 0.00000245. The first kappa shape index (κ1) is 22.6. The standard InChI is InChI=1S/C24H24ClN3O3.ClH/c25-19-8-3-5-16-15-20(26-22(16)19)23(29)28-13-11-27(12-14-28)10-4-9-21-17-6-1-2-7-18(17)24(30)31-21;/h1-3,5-8,15,21,26H,4,9-14H2;1H/t21-;/m1./s1. The topological polar surface area (TPSA) is 65.6 Å². The zero-order chi connectivity index (χ0) is 21.4. The molecule has 1 N–H and O–H groups in total. The SMILES string of the molecule is Cl.O=C1O[C@H](CCCN2CCN(C(=O)c3cc4cccc(Cl)c4[nH]3)CC2)c2ccccc21. The van der Waals surface area contributed by atoms with E-state index in [2.05, 4.69) is 9.88 Å². The van der Waals surface area contributed by atoms with Gasteiger partial charge in [-0.25, -0.2) is 4.79 Å². The highest BCUT2D eigenvalue weighted by molar-refractivity contribution is 6.35. The Morgan fingerprint density at radius 3 is 2.66 bits per heavy atom. The third-order valence-electron chi connectivity index (χ3n) is 6.21. The average molecular weight is 474 g/mol. The number of hydrogen-bond donors (Lipinski definition) is 1. The summed E-state index contributed by atoms with van der Waals surface area (Å²) in [6.45, 7) is 4.01. The predicted octanol–water partition coefficient (Wildman–Crippen LogP) is 4.69. The van der Waals surface area contributed by atoms with Gasteiger partial charge in [-0.3, -0.25) is 9.69 Å². The summed E-state index contributed by atoms with van der Waals surface area (Å²) < 4.78 is 5.53. The highest BCUT2D eigenvalue weighted by atomic mass is 35.5. The Morgan fingerprint density at radius 2 is 1.88 bits per heavy atom. The minimum atomic E-state index is -0.217. The molecule has 3 heterocycles. The number of benzene rings is 2. The minimum absolute atomic E-state index is 0. The maximum absolute atomic E-state index is 12.9. The Hall–Kier alpha value is -2.54. The number of carbonyl (C=O) groups excluding carboxylic acids is 2. The van der Waals surface area contributed by atoms with Crippen LogP contribution < -0.4 is 0 Å². The summed E-state index contributed by atoms with van der Waals surface area (Å²) in [5.41, 5.74) is 3.08. The van der Waals surface area contributed by atoms with Crippen molar-refractivity contribution in [1.82, 2.24) is 14.8 Å². The first-order valence-electron chi connectivity index (χ1n) is 10.7. The van der Waals surface area contributed by atoms with Gasteiger partial charge in [0, 0.05) is 37.1 Å². The molecular formula is C24H25Cl2N3O3. The highest BCUT2D eigenvalue weighted by Gasteiger charge is 2.30. The second-order valence-electron chi connectivity index (χ2n) is 8.14. The number of carbonyl (C=O) groups is 2. The van der Waals surface area contributed by atoms with Gasteiger partial charge >= 0.3 is 5.97 Å². The number of nitrogens with one attached hydrogen (secondary N) is 1. The lowest BCUT2D eigenvalue weighted by molar-refractivity contribution is 0.0353. The minimum Gasteiger partial charge on any atom is -0.454 e. The zero-order valence-corrected chi connectivity index (χ0v) is 19.1. The van der Waals surface area contributed by atoms with Gasteiger partial charge in [0.15, 0.2) is 0 Å². The molecule has 1 saturated heterocycles. The van der Waals surface area contributed by atoms with Crippen molar-refractivity contribution in [3.05, 3.63) is 70.4 Å². The third kappa shape index (κ3) is 4.35. The van der Waals surface area contributed by atoms with E-state index in [1.807, 2.05) is 53.4 Å². The highest BCUT2D eigenvalue weighted by Crippen LogP contribution is 2.33. The molecule has 0 radical (unpaired) electrons. The summed E-state index contributed by atoms with van der Waals surface area (Å²) >= 11 is 6.22. The third-order valence-corrected chi connectivity index (χ3v) is 6.53. The van der Waals surface area contributed by atoms with Crippen LogP contribution in [0.2, 0.25) is 5.02 Å². The van der Waals surface area contributed by atoms with Crippen molar-refractivity contribution in [3.8, 4) is 0 Å². The lowest BCUT2D eigenvalue weighted by Gasteiger charge is -2.34. The van der Waals surface area contributed by atoms with Crippen LogP contribution in [-0.2, 0) is 4.74 Å². The van der Waals surface area contributed by atoms with Crippen molar-refractivity contribution in [1.29, 1.82) is 0 Å². The monoisotopic (exact) mass is 473 g/mol. The number of aromatic nitrogens is 1. The number of piperazine rings is 1. The molecule has 0 saturated carbocycles. The number of aromatic amines is 1. The van der Waals surface area contributed by atoms with E-state index in [-0.39, 0.29) is 30.4 Å². The van der Waals surface area contributed by atoms with Crippen LogP contribution in [0, 0.1) is 0 Å². The lowest BCUT2D eigenvalue weighted by atomic mass is 10.0. The number of nitrogens with zero attached hydrogens (tertiary/aromatic N) is 2. The van der Waals surface area contributed by atoms with E-state index in [1.54, 1.807) is 0 Å². The number of cyclic esters (lactones) is 1. The van der Waals surface area contributed by atoms with Gasteiger partial charge in [0.1, 0.15) is 11.8 Å². The van der Waals surface area contributed by atoms with E-state index in [9.17, 15) is 9.59 Å². The van der Waals surface area contributed by atoms with E-state index < -0.39 is 0 Å². The van der Waals surface area contributed by atoms with Crippen molar-refractivity contribution < 1.29 is 14.3 Å². The summed E-state index contributed by atoms with van der Waals surface area (Å²) in [5.74, 6) is -0.201. The number of fused-ring (bicyclic) bond motifs is 2. The van der Waals surface area contributed by atoms with Gasteiger partial charge in [-0.2, -0.15) is 0 Å². The van der Waals surface area contributed by atoms with Gasteiger partial charge in [0.25, 0.3) is 5.91 Å². The molecule has 1 aromatic heterocycles. The number of rotatable bonds is 5. The number of H-pyrrole nitrogens is 1. The van der Waals surface area contributed by atoms with Crippen LogP contribution in [0.4, 0.5) is 0 Å². The number of amides is 1. The fourth-order valence-electron chi connectivity index (χ4n) is 4.51. The summed E-state index contributed by atoms with van der Waals surface area (Å²) in [4.78, 5) is 32.3. The number of ether oxygens (including phenoxy) is 1. The molecule has 0 spiro atoms. The molecule has 6 nitrogen and oxygen atoms in total. The summed E-state index contributed by atoms with van der Waals surface area (Å²) in [5, 5.41) is 1.57. The summed E-state index contributed by atoms with van der Waals surface area (Å²) in [7, 11) is 0. The second kappa shape index (κ2) is 9.53. The van der Waals surface area contributed by atoms with Crippen molar-refractivity contribution in [3.63, 3.8) is 0 Å². The van der Waals surface area contributed by atoms with Gasteiger partial charge in [0.2, 0.25) is 0 Å². The first-order chi connectivity index (χ1) is 15.1. The predicted molar refractivity (Wildman–Crippen MR) is 127 cm³/mol. The Labute approximate surface area is 197 Å². The van der Waals surface area contributed by atoms with Gasteiger partial charge in [0.05, 0.1) is 16.1 Å². The van der Waals surface area contributed by atoms with Gasteiger partial charge < -0.3 is 14.6 Å². The van der Waals surface area contributed by atoms with E-state index in [0.717, 1.165) is 48.9 Å². The molecule has 2 aromatic carbocycles. The van der Waals surface area contributed by atoms with Crippen molar-refractivity contribution in [2.75, 3.05) is 32.7 Å². The maximum Gasteiger partial charge on any atom is 0.339 e. The van der Waals surface area contributed by atoms with Crippen LogP contribution in [0.15, 0.2) is 48.5 Å². The summed E-state index contributed by atoms with van der Waals surface area (Å²) in [6, 6.07) is 15.2. The zero-order valence-electron chi connectivity index (χ0n) is 17.6. The van der Waals surface area contributed by atoms with Crippen molar-refractivity contribution >= 4 is 46.8 Å². The largest absolute Gasteiger partial charge is 0.454 e. The Bertz CT molecular complexity index is 1140. The molecule has 3 aromatic rings. The van der Waals surface area contributed by atoms with Crippen LogP contribution >= 0.6 is 24.0 Å². The second-order valence-corrected chi connectivity index (χ2v) is 8.55.